The lowest BCUT2D eigenvalue weighted by Gasteiger charge is -2.13. The van der Waals surface area contributed by atoms with Crippen LogP contribution in [0.1, 0.15) is 17.0 Å². The van der Waals surface area contributed by atoms with Crippen molar-refractivity contribution in [3.05, 3.63) is 47.4 Å². The minimum absolute atomic E-state index is 0.684. The van der Waals surface area contributed by atoms with Gasteiger partial charge in [-0.2, -0.15) is 0 Å². The van der Waals surface area contributed by atoms with E-state index in [2.05, 4.69) is 65.4 Å². The van der Waals surface area contributed by atoms with Gasteiger partial charge in [-0.05, 0) is 44.5 Å². The molecule has 0 spiro atoms. The summed E-state index contributed by atoms with van der Waals surface area (Å²) in [4.78, 5) is 6.70. The largest absolute Gasteiger partial charge is 0.297 e. The third-order valence-electron chi connectivity index (χ3n) is 4.23. The van der Waals surface area contributed by atoms with E-state index in [0.717, 1.165) is 18.8 Å². The second kappa shape index (κ2) is 5.82. The summed E-state index contributed by atoms with van der Waals surface area (Å²) in [6.45, 7) is 5.83. The number of likely N-dealkylation sites (N-methyl/N-ethyl adjacent to an activating group) is 1. The predicted molar refractivity (Wildman–Crippen MR) is 92.2 cm³/mol. The van der Waals surface area contributed by atoms with Crippen LogP contribution >= 0.6 is 0 Å². The van der Waals surface area contributed by atoms with Gasteiger partial charge in [-0.1, -0.05) is 24.1 Å². The van der Waals surface area contributed by atoms with E-state index in [0.29, 0.717) is 6.54 Å². The minimum atomic E-state index is 0.684. The predicted octanol–water partition coefficient (Wildman–Crippen LogP) is 3.21. The van der Waals surface area contributed by atoms with Crippen LogP contribution in [0, 0.1) is 26.2 Å². The number of hydrogen-bond donors (Lipinski definition) is 0. The molecule has 2 heterocycles. The van der Waals surface area contributed by atoms with Gasteiger partial charge in [0.1, 0.15) is 5.82 Å². The first kappa shape index (κ1) is 14.6. The van der Waals surface area contributed by atoms with E-state index in [9.17, 15) is 0 Å². The lowest BCUT2D eigenvalue weighted by Crippen LogP contribution is -2.21. The van der Waals surface area contributed by atoms with E-state index >= 15 is 0 Å². The topological polar surface area (TPSA) is 20.5 Å². The zero-order valence-electron chi connectivity index (χ0n) is 13.4. The Hall–Kier alpha value is -2.31. The van der Waals surface area contributed by atoms with Gasteiger partial charge in [-0.15, -0.1) is 6.42 Å². The summed E-state index contributed by atoms with van der Waals surface area (Å²) in [5, 5.41) is 1.32. The fourth-order valence-corrected chi connectivity index (χ4v) is 3.16. The van der Waals surface area contributed by atoms with Crippen molar-refractivity contribution in [1.29, 1.82) is 0 Å². The van der Waals surface area contributed by atoms with Crippen molar-refractivity contribution < 1.29 is 0 Å². The second-order valence-corrected chi connectivity index (χ2v) is 5.86. The Labute approximate surface area is 131 Å². The van der Waals surface area contributed by atoms with E-state index < -0.39 is 0 Å². The molecule has 0 aliphatic rings. The van der Waals surface area contributed by atoms with Crippen LogP contribution in [0.15, 0.2) is 30.5 Å². The number of nitrogens with zero attached hydrogens (tertiary/aromatic N) is 3. The SMILES string of the molecule is C#CCN(C)CCc1c2ccccc2n2c(C)ncc(C)c12. The first-order valence-corrected chi connectivity index (χ1v) is 7.59. The Morgan fingerprint density at radius 1 is 1.27 bits per heavy atom. The Kier molecular flexibility index (Phi) is 3.87. The van der Waals surface area contributed by atoms with Crippen LogP contribution < -0.4 is 0 Å². The molecule has 0 saturated carbocycles. The molecular formula is C19H21N3. The summed E-state index contributed by atoms with van der Waals surface area (Å²) in [5.41, 5.74) is 5.14. The summed E-state index contributed by atoms with van der Waals surface area (Å²) in [5.74, 6) is 3.73. The molecule has 3 rings (SSSR count). The molecule has 0 aliphatic heterocycles. The van der Waals surface area contributed by atoms with Gasteiger partial charge in [-0.3, -0.25) is 9.30 Å². The van der Waals surface area contributed by atoms with Gasteiger partial charge in [-0.25, -0.2) is 4.98 Å². The van der Waals surface area contributed by atoms with E-state index in [1.165, 1.54) is 27.5 Å². The van der Waals surface area contributed by atoms with Gasteiger partial charge in [0.25, 0.3) is 0 Å². The summed E-state index contributed by atoms with van der Waals surface area (Å²) in [6.07, 6.45) is 8.36. The molecule has 0 aliphatic carbocycles. The average molecular weight is 291 g/mol. The number of para-hydroxylation sites is 1. The van der Waals surface area contributed by atoms with Crippen LogP contribution in [0.3, 0.4) is 0 Å². The van der Waals surface area contributed by atoms with Gasteiger partial charge < -0.3 is 0 Å². The lowest BCUT2D eigenvalue weighted by molar-refractivity contribution is 0.381. The molecule has 0 atom stereocenters. The standard InChI is InChI=1S/C19H21N3/c1-5-11-21(4)12-10-17-16-8-6-7-9-18(16)22-15(3)20-13-14(2)19(17)22/h1,6-9,13H,10-12H2,2-4H3. The third-order valence-corrected chi connectivity index (χ3v) is 4.23. The Bertz CT molecular complexity index is 868. The van der Waals surface area contributed by atoms with Crippen molar-refractivity contribution in [3.8, 4) is 12.3 Å². The quantitative estimate of drug-likeness (QED) is 0.688. The van der Waals surface area contributed by atoms with Crippen LogP contribution in [-0.4, -0.2) is 34.4 Å². The maximum absolute atomic E-state index is 5.40. The fraction of sp³-hybridized carbons (Fsp3) is 0.316. The maximum Gasteiger partial charge on any atom is 0.110 e. The highest BCUT2D eigenvalue weighted by Gasteiger charge is 2.15. The molecule has 3 aromatic rings. The number of rotatable bonds is 4. The lowest BCUT2D eigenvalue weighted by atomic mass is 10.1. The van der Waals surface area contributed by atoms with Crippen molar-refractivity contribution in [1.82, 2.24) is 14.3 Å². The monoisotopic (exact) mass is 291 g/mol. The zero-order valence-corrected chi connectivity index (χ0v) is 13.4. The molecule has 0 unspecified atom stereocenters. The molecular weight excluding hydrogens is 270 g/mol. The number of hydrogen-bond acceptors (Lipinski definition) is 2. The van der Waals surface area contributed by atoms with Crippen molar-refractivity contribution in [3.63, 3.8) is 0 Å². The summed E-state index contributed by atoms with van der Waals surface area (Å²) in [6, 6.07) is 8.57. The molecule has 0 saturated heterocycles. The molecule has 0 bridgehead atoms. The van der Waals surface area contributed by atoms with Crippen LogP contribution in [0.2, 0.25) is 0 Å². The first-order valence-electron chi connectivity index (χ1n) is 7.59. The van der Waals surface area contributed by atoms with Crippen LogP contribution in [0.4, 0.5) is 0 Å². The molecule has 22 heavy (non-hydrogen) atoms. The van der Waals surface area contributed by atoms with Crippen molar-refractivity contribution in [2.75, 3.05) is 20.1 Å². The molecule has 1 aromatic carbocycles. The van der Waals surface area contributed by atoms with Gasteiger partial charge in [0.05, 0.1) is 17.6 Å². The van der Waals surface area contributed by atoms with Gasteiger partial charge in [0.15, 0.2) is 0 Å². The molecule has 0 amide bonds. The Balaban J connectivity index is 2.18. The normalized spacial score (nSPS) is 11.4. The number of benzene rings is 1. The second-order valence-electron chi connectivity index (χ2n) is 5.86. The molecule has 112 valence electrons. The van der Waals surface area contributed by atoms with Crippen LogP contribution in [0.5, 0.6) is 0 Å². The smallest absolute Gasteiger partial charge is 0.110 e. The molecule has 2 aromatic heterocycles. The molecule has 0 N–H and O–H groups in total. The number of terminal acetylenes is 1. The van der Waals surface area contributed by atoms with E-state index in [1.54, 1.807) is 0 Å². The van der Waals surface area contributed by atoms with Crippen LogP contribution in [-0.2, 0) is 6.42 Å². The van der Waals surface area contributed by atoms with Crippen molar-refractivity contribution in [2.24, 2.45) is 0 Å². The molecule has 3 heteroatoms. The van der Waals surface area contributed by atoms with Gasteiger partial charge >= 0.3 is 0 Å². The zero-order chi connectivity index (χ0) is 15.7. The minimum Gasteiger partial charge on any atom is -0.297 e. The summed E-state index contributed by atoms with van der Waals surface area (Å²) >= 11 is 0. The fourth-order valence-electron chi connectivity index (χ4n) is 3.16. The van der Waals surface area contributed by atoms with E-state index in [1.807, 2.05) is 6.20 Å². The van der Waals surface area contributed by atoms with Gasteiger partial charge in [0.2, 0.25) is 0 Å². The molecule has 0 fully saturated rings. The Morgan fingerprint density at radius 3 is 2.82 bits per heavy atom. The molecule has 0 radical (unpaired) electrons. The van der Waals surface area contributed by atoms with Crippen molar-refractivity contribution in [2.45, 2.75) is 20.3 Å². The summed E-state index contributed by atoms with van der Waals surface area (Å²) in [7, 11) is 2.07. The highest BCUT2D eigenvalue weighted by Crippen LogP contribution is 2.29. The highest BCUT2D eigenvalue weighted by atomic mass is 15.1. The average Bonchev–Trinajstić information content (AvgIpc) is 2.85. The highest BCUT2D eigenvalue weighted by molar-refractivity contribution is 5.93. The van der Waals surface area contributed by atoms with E-state index in [4.69, 9.17) is 6.42 Å². The van der Waals surface area contributed by atoms with E-state index in [-0.39, 0.29) is 0 Å². The Morgan fingerprint density at radius 2 is 2.05 bits per heavy atom. The number of fused-ring (bicyclic) bond motifs is 3. The maximum atomic E-state index is 5.40. The van der Waals surface area contributed by atoms with Gasteiger partial charge in [0, 0.05) is 18.1 Å². The van der Waals surface area contributed by atoms with Crippen molar-refractivity contribution >= 4 is 16.4 Å². The van der Waals surface area contributed by atoms with Crippen LogP contribution in [0.25, 0.3) is 16.4 Å². The molecule has 3 nitrogen and oxygen atoms in total. The summed E-state index contributed by atoms with van der Waals surface area (Å²) < 4.78 is 2.28. The number of aryl methyl sites for hydroxylation is 2. The third kappa shape index (κ3) is 2.36. The first-order chi connectivity index (χ1) is 10.6. The number of aromatic nitrogens is 2.